The van der Waals surface area contributed by atoms with Crippen LogP contribution in [0.25, 0.3) is 10.2 Å². The SMILES string of the molecule is CCOC(=O)Cn1c(=NC(=O)c2ccc(S(=O)(=O)N3CCCC(C)C3)cc2)sc2cc(F)cc(F)c21. The summed E-state index contributed by atoms with van der Waals surface area (Å²) >= 11 is 0.847. The molecule has 192 valence electrons. The Morgan fingerprint density at radius 2 is 1.92 bits per heavy atom. The van der Waals surface area contributed by atoms with Gasteiger partial charge in [0, 0.05) is 24.7 Å². The number of benzene rings is 2. The van der Waals surface area contributed by atoms with Crippen molar-refractivity contribution in [2.45, 2.75) is 38.1 Å². The van der Waals surface area contributed by atoms with Crippen LogP contribution in [0.5, 0.6) is 0 Å². The first-order chi connectivity index (χ1) is 17.1. The smallest absolute Gasteiger partial charge is 0.326 e. The molecule has 1 aliphatic rings. The van der Waals surface area contributed by atoms with Crippen LogP contribution in [0.3, 0.4) is 0 Å². The molecule has 1 saturated heterocycles. The van der Waals surface area contributed by atoms with E-state index in [9.17, 15) is 26.8 Å². The molecular weight excluding hydrogens is 512 g/mol. The molecular formula is C24H25F2N3O5S2. The molecule has 0 bridgehead atoms. The fourth-order valence-electron chi connectivity index (χ4n) is 4.13. The number of esters is 1. The van der Waals surface area contributed by atoms with Crippen LogP contribution in [0.1, 0.15) is 37.0 Å². The summed E-state index contributed by atoms with van der Waals surface area (Å²) in [7, 11) is -3.69. The van der Waals surface area contributed by atoms with Crippen LogP contribution in [-0.2, 0) is 26.1 Å². The summed E-state index contributed by atoms with van der Waals surface area (Å²) in [5, 5.41) is 0. The number of piperidine rings is 1. The fourth-order valence-corrected chi connectivity index (χ4v) is 6.80. The van der Waals surface area contributed by atoms with E-state index in [1.807, 2.05) is 6.92 Å². The van der Waals surface area contributed by atoms with Gasteiger partial charge in [-0.3, -0.25) is 9.59 Å². The number of ether oxygens (including phenoxy) is 1. The van der Waals surface area contributed by atoms with Crippen LogP contribution in [0.2, 0.25) is 0 Å². The topological polar surface area (TPSA) is 98.0 Å². The molecule has 1 aromatic heterocycles. The lowest BCUT2D eigenvalue weighted by Crippen LogP contribution is -2.39. The molecule has 4 rings (SSSR count). The van der Waals surface area contributed by atoms with Gasteiger partial charge in [-0.05, 0) is 56.0 Å². The van der Waals surface area contributed by atoms with Gasteiger partial charge in [0.25, 0.3) is 5.91 Å². The molecule has 8 nitrogen and oxygen atoms in total. The lowest BCUT2D eigenvalue weighted by molar-refractivity contribution is -0.143. The van der Waals surface area contributed by atoms with Crippen molar-refractivity contribution in [3.8, 4) is 0 Å². The average molecular weight is 538 g/mol. The summed E-state index contributed by atoms with van der Waals surface area (Å²) in [6.07, 6.45) is 1.77. The number of carbonyl (C=O) groups excluding carboxylic acids is 2. The number of hydrogen-bond acceptors (Lipinski definition) is 6. The van der Waals surface area contributed by atoms with E-state index >= 15 is 0 Å². The Bertz CT molecular complexity index is 1480. The van der Waals surface area contributed by atoms with Crippen molar-refractivity contribution < 1.29 is 31.5 Å². The third-order valence-corrected chi connectivity index (χ3v) is 8.75. The lowest BCUT2D eigenvalue weighted by Gasteiger charge is -2.30. The van der Waals surface area contributed by atoms with Gasteiger partial charge in [0.1, 0.15) is 12.4 Å². The summed E-state index contributed by atoms with van der Waals surface area (Å²) in [5.74, 6) is -2.83. The summed E-state index contributed by atoms with van der Waals surface area (Å²) in [4.78, 5) is 29.1. The van der Waals surface area contributed by atoms with E-state index in [0.717, 1.165) is 30.2 Å². The summed E-state index contributed by atoms with van der Waals surface area (Å²) in [6, 6.07) is 7.19. The number of nitrogens with zero attached hydrogens (tertiary/aromatic N) is 3. The van der Waals surface area contributed by atoms with E-state index in [4.69, 9.17) is 4.74 Å². The molecule has 1 atom stereocenters. The number of amides is 1. The first kappa shape index (κ1) is 26.1. The molecule has 2 heterocycles. The normalized spacial score (nSPS) is 17.4. The quantitative estimate of drug-likeness (QED) is 0.447. The molecule has 12 heteroatoms. The number of aromatic nitrogens is 1. The Morgan fingerprint density at radius 1 is 1.19 bits per heavy atom. The third kappa shape index (κ3) is 5.40. The Morgan fingerprint density at radius 3 is 2.58 bits per heavy atom. The molecule has 1 unspecified atom stereocenters. The fraction of sp³-hybridized carbons (Fsp3) is 0.375. The van der Waals surface area contributed by atoms with Crippen LogP contribution in [-0.4, -0.2) is 48.9 Å². The molecule has 0 radical (unpaired) electrons. The minimum Gasteiger partial charge on any atom is -0.465 e. The Labute approximate surface area is 210 Å². The van der Waals surface area contributed by atoms with E-state index in [0.29, 0.717) is 19.2 Å². The van der Waals surface area contributed by atoms with E-state index < -0.39 is 40.1 Å². The standard InChI is InChI=1S/C24H25F2N3O5S2/c1-3-34-21(30)14-29-22-19(26)11-17(25)12-20(22)35-24(29)27-23(31)16-6-8-18(9-7-16)36(32,33)28-10-4-5-15(2)13-28/h6-9,11-12,15H,3-5,10,13-14H2,1-2H3. The van der Waals surface area contributed by atoms with Gasteiger partial charge in [-0.25, -0.2) is 17.2 Å². The Balaban J connectivity index is 1.68. The van der Waals surface area contributed by atoms with Crippen LogP contribution in [0, 0.1) is 17.6 Å². The zero-order valence-corrected chi connectivity index (χ0v) is 21.4. The van der Waals surface area contributed by atoms with E-state index in [1.165, 1.54) is 33.1 Å². The molecule has 0 saturated carbocycles. The molecule has 1 fully saturated rings. The third-order valence-electron chi connectivity index (χ3n) is 5.84. The van der Waals surface area contributed by atoms with Gasteiger partial charge in [0.15, 0.2) is 10.6 Å². The van der Waals surface area contributed by atoms with Crippen molar-refractivity contribution in [2.75, 3.05) is 19.7 Å². The van der Waals surface area contributed by atoms with Crippen molar-refractivity contribution in [3.63, 3.8) is 0 Å². The highest BCUT2D eigenvalue weighted by atomic mass is 32.2. The van der Waals surface area contributed by atoms with Crippen LogP contribution >= 0.6 is 11.3 Å². The number of hydrogen-bond donors (Lipinski definition) is 0. The van der Waals surface area contributed by atoms with E-state index in [2.05, 4.69) is 4.99 Å². The zero-order chi connectivity index (χ0) is 26.0. The number of fused-ring (bicyclic) bond motifs is 1. The van der Waals surface area contributed by atoms with Crippen molar-refractivity contribution in [1.82, 2.24) is 8.87 Å². The predicted molar refractivity (Wildman–Crippen MR) is 130 cm³/mol. The maximum Gasteiger partial charge on any atom is 0.326 e. The number of carbonyl (C=O) groups is 2. The van der Waals surface area contributed by atoms with E-state index in [-0.39, 0.29) is 38.0 Å². The largest absolute Gasteiger partial charge is 0.465 e. The number of rotatable bonds is 6. The number of sulfonamides is 1. The molecule has 0 spiro atoms. The Hall–Kier alpha value is -2.96. The van der Waals surface area contributed by atoms with Gasteiger partial charge in [-0.15, -0.1) is 0 Å². The van der Waals surface area contributed by atoms with Crippen LogP contribution < -0.4 is 4.80 Å². The monoisotopic (exact) mass is 537 g/mol. The molecule has 36 heavy (non-hydrogen) atoms. The zero-order valence-electron chi connectivity index (χ0n) is 19.7. The maximum atomic E-state index is 14.6. The second kappa shape index (κ2) is 10.6. The van der Waals surface area contributed by atoms with Gasteiger partial charge in [0.05, 0.1) is 21.7 Å². The Kier molecular flexibility index (Phi) is 7.67. The average Bonchev–Trinajstić information content (AvgIpc) is 3.15. The number of halogens is 2. The maximum absolute atomic E-state index is 14.6. The van der Waals surface area contributed by atoms with Crippen molar-refractivity contribution in [1.29, 1.82) is 0 Å². The van der Waals surface area contributed by atoms with E-state index in [1.54, 1.807) is 6.92 Å². The van der Waals surface area contributed by atoms with Gasteiger partial charge < -0.3 is 9.30 Å². The van der Waals surface area contributed by atoms with Crippen molar-refractivity contribution in [3.05, 3.63) is 58.4 Å². The van der Waals surface area contributed by atoms with Gasteiger partial charge in [-0.1, -0.05) is 18.3 Å². The van der Waals surface area contributed by atoms with Gasteiger partial charge in [-0.2, -0.15) is 9.30 Å². The van der Waals surface area contributed by atoms with Crippen LogP contribution in [0.4, 0.5) is 8.78 Å². The first-order valence-corrected chi connectivity index (χ1v) is 13.7. The number of thiazole rings is 1. The molecule has 1 aliphatic heterocycles. The summed E-state index contributed by atoms with van der Waals surface area (Å²) < 4.78 is 62.0. The molecule has 3 aromatic rings. The first-order valence-electron chi connectivity index (χ1n) is 11.4. The molecule has 0 N–H and O–H groups in total. The highest BCUT2D eigenvalue weighted by molar-refractivity contribution is 7.89. The van der Waals surface area contributed by atoms with Gasteiger partial charge >= 0.3 is 5.97 Å². The van der Waals surface area contributed by atoms with Crippen LogP contribution in [0.15, 0.2) is 46.3 Å². The molecule has 2 aromatic carbocycles. The van der Waals surface area contributed by atoms with Crippen molar-refractivity contribution in [2.24, 2.45) is 10.9 Å². The molecule has 1 amide bonds. The summed E-state index contributed by atoms with van der Waals surface area (Å²) in [6.45, 7) is 4.21. The lowest BCUT2D eigenvalue weighted by atomic mass is 10.0. The second-order valence-electron chi connectivity index (χ2n) is 8.56. The molecule has 0 aliphatic carbocycles. The minimum atomic E-state index is -3.69. The van der Waals surface area contributed by atoms with Crippen molar-refractivity contribution >= 4 is 43.5 Å². The van der Waals surface area contributed by atoms with Gasteiger partial charge in [0.2, 0.25) is 10.0 Å². The minimum absolute atomic E-state index is 0.0217. The summed E-state index contributed by atoms with van der Waals surface area (Å²) in [5.41, 5.74) is 0.0333. The predicted octanol–water partition coefficient (Wildman–Crippen LogP) is 3.71. The second-order valence-corrected chi connectivity index (χ2v) is 11.5. The highest BCUT2D eigenvalue weighted by Gasteiger charge is 2.28. The highest BCUT2D eigenvalue weighted by Crippen LogP contribution is 2.25.